The molecule has 0 radical (unpaired) electrons. The summed E-state index contributed by atoms with van der Waals surface area (Å²) >= 11 is 0. The maximum Gasteiger partial charge on any atom is 0.356 e. The fourth-order valence-corrected chi connectivity index (χ4v) is 1.77. The fraction of sp³-hybridized carbons (Fsp3) is 0.214. The molecular formula is C14H15N3O3. The summed E-state index contributed by atoms with van der Waals surface area (Å²) in [4.78, 5) is 24.3. The molecular weight excluding hydrogens is 258 g/mol. The van der Waals surface area contributed by atoms with Gasteiger partial charge in [-0.2, -0.15) is 5.10 Å². The summed E-state index contributed by atoms with van der Waals surface area (Å²) in [5.74, 6) is -1.23. The number of carbonyl (C=O) groups excluding carboxylic acids is 1. The molecule has 6 heteroatoms. The van der Waals surface area contributed by atoms with Crippen LogP contribution in [0.25, 0.3) is 0 Å². The molecule has 1 heterocycles. The zero-order chi connectivity index (χ0) is 14.5. The molecule has 1 aromatic carbocycles. The van der Waals surface area contributed by atoms with Crippen LogP contribution in [0.5, 0.6) is 0 Å². The Kier molecular flexibility index (Phi) is 4.14. The lowest BCUT2D eigenvalue weighted by Crippen LogP contribution is -2.30. The zero-order valence-electron chi connectivity index (χ0n) is 11.1. The van der Waals surface area contributed by atoms with E-state index in [2.05, 4.69) is 5.10 Å². The highest BCUT2D eigenvalue weighted by Crippen LogP contribution is 2.04. The van der Waals surface area contributed by atoms with Crippen molar-refractivity contribution in [1.29, 1.82) is 0 Å². The number of aromatic nitrogens is 2. The summed E-state index contributed by atoms with van der Waals surface area (Å²) in [5.41, 5.74) is 0.971. The molecule has 0 aliphatic carbocycles. The van der Waals surface area contributed by atoms with Crippen molar-refractivity contribution in [3.63, 3.8) is 0 Å². The van der Waals surface area contributed by atoms with E-state index in [1.165, 1.54) is 16.9 Å². The average Bonchev–Trinajstić information content (AvgIpc) is 2.88. The Morgan fingerprint density at radius 3 is 2.55 bits per heavy atom. The van der Waals surface area contributed by atoms with Gasteiger partial charge < -0.3 is 10.0 Å². The Morgan fingerprint density at radius 2 is 1.95 bits per heavy atom. The number of likely N-dealkylation sites (N-methyl/N-ethyl adjacent to an activating group) is 1. The predicted octanol–water partition coefficient (Wildman–Crippen LogP) is 1.24. The van der Waals surface area contributed by atoms with Crippen LogP contribution >= 0.6 is 0 Å². The Morgan fingerprint density at radius 1 is 1.25 bits per heavy atom. The van der Waals surface area contributed by atoms with Crippen molar-refractivity contribution in [2.75, 3.05) is 7.05 Å². The first kappa shape index (κ1) is 13.8. The van der Waals surface area contributed by atoms with E-state index >= 15 is 0 Å². The van der Waals surface area contributed by atoms with Crippen molar-refractivity contribution in [3.05, 3.63) is 53.9 Å². The lowest BCUT2D eigenvalue weighted by atomic mass is 10.2. The maximum atomic E-state index is 12.0. The minimum Gasteiger partial charge on any atom is -0.476 e. The summed E-state index contributed by atoms with van der Waals surface area (Å²) < 4.78 is 1.33. The molecule has 0 aliphatic rings. The monoisotopic (exact) mass is 273 g/mol. The van der Waals surface area contributed by atoms with Gasteiger partial charge in [0, 0.05) is 19.8 Å². The summed E-state index contributed by atoms with van der Waals surface area (Å²) in [7, 11) is 1.71. The van der Waals surface area contributed by atoms with Gasteiger partial charge in [-0.05, 0) is 11.6 Å². The normalized spacial score (nSPS) is 10.2. The van der Waals surface area contributed by atoms with E-state index < -0.39 is 5.97 Å². The molecule has 0 aliphatic heterocycles. The van der Waals surface area contributed by atoms with Crippen LogP contribution in [-0.2, 0) is 17.9 Å². The first-order valence-corrected chi connectivity index (χ1v) is 6.11. The maximum absolute atomic E-state index is 12.0. The summed E-state index contributed by atoms with van der Waals surface area (Å²) in [6, 6.07) is 11.0. The number of benzene rings is 1. The average molecular weight is 273 g/mol. The first-order chi connectivity index (χ1) is 9.56. The van der Waals surface area contributed by atoms with Crippen LogP contribution in [-0.4, -0.2) is 38.7 Å². The minimum absolute atomic E-state index is 0.0244. The van der Waals surface area contributed by atoms with Crippen molar-refractivity contribution < 1.29 is 14.7 Å². The van der Waals surface area contributed by atoms with Crippen LogP contribution < -0.4 is 0 Å². The van der Waals surface area contributed by atoms with Crippen molar-refractivity contribution in [2.24, 2.45) is 0 Å². The molecule has 0 unspecified atom stereocenters. The van der Waals surface area contributed by atoms with E-state index in [-0.39, 0.29) is 18.1 Å². The molecule has 1 aromatic heterocycles. The number of carboxylic acid groups (broad SMARTS) is 1. The van der Waals surface area contributed by atoms with Crippen molar-refractivity contribution in [2.45, 2.75) is 13.1 Å². The summed E-state index contributed by atoms with van der Waals surface area (Å²) in [6.07, 6.45) is 1.48. The number of hydrogen-bond acceptors (Lipinski definition) is 3. The van der Waals surface area contributed by atoms with Gasteiger partial charge >= 0.3 is 5.97 Å². The topological polar surface area (TPSA) is 75.4 Å². The van der Waals surface area contributed by atoms with Gasteiger partial charge in [-0.15, -0.1) is 0 Å². The van der Waals surface area contributed by atoms with Gasteiger partial charge in [0.25, 0.3) is 0 Å². The van der Waals surface area contributed by atoms with Gasteiger partial charge in [0.1, 0.15) is 6.54 Å². The Labute approximate surface area is 116 Å². The van der Waals surface area contributed by atoms with E-state index in [0.717, 1.165) is 5.56 Å². The molecule has 104 valence electrons. The minimum atomic E-state index is -1.10. The molecule has 0 atom stereocenters. The van der Waals surface area contributed by atoms with Gasteiger partial charge in [-0.25, -0.2) is 4.79 Å². The van der Waals surface area contributed by atoms with Crippen LogP contribution in [0.2, 0.25) is 0 Å². The third-order valence-electron chi connectivity index (χ3n) is 2.85. The highest BCUT2D eigenvalue weighted by Gasteiger charge is 2.12. The van der Waals surface area contributed by atoms with Gasteiger partial charge in [0.2, 0.25) is 5.91 Å². The third kappa shape index (κ3) is 3.44. The highest BCUT2D eigenvalue weighted by atomic mass is 16.4. The SMILES string of the molecule is CN(Cc1ccccc1)C(=O)Cn1ccc(C(=O)O)n1. The number of amides is 1. The number of nitrogens with zero attached hydrogens (tertiary/aromatic N) is 3. The van der Waals surface area contributed by atoms with Crippen molar-refractivity contribution in [1.82, 2.24) is 14.7 Å². The number of carboxylic acids is 1. The third-order valence-corrected chi connectivity index (χ3v) is 2.85. The summed E-state index contributed by atoms with van der Waals surface area (Å²) in [6.45, 7) is 0.531. The van der Waals surface area contributed by atoms with Crippen LogP contribution in [0, 0.1) is 0 Å². The zero-order valence-corrected chi connectivity index (χ0v) is 11.1. The van der Waals surface area contributed by atoms with Crippen molar-refractivity contribution >= 4 is 11.9 Å². The lowest BCUT2D eigenvalue weighted by Gasteiger charge is -2.17. The molecule has 6 nitrogen and oxygen atoms in total. The van der Waals surface area contributed by atoms with Crippen LogP contribution in [0.3, 0.4) is 0 Å². The second-order valence-corrected chi connectivity index (χ2v) is 4.44. The van der Waals surface area contributed by atoms with Gasteiger partial charge in [0.05, 0.1) is 0 Å². The van der Waals surface area contributed by atoms with Crippen LogP contribution in [0.4, 0.5) is 0 Å². The summed E-state index contributed by atoms with van der Waals surface area (Å²) in [5, 5.41) is 12.6. The molecule has 1 amide bonds. The number of hydrogen-bond donors (Lipinski definition) is 1. The number of rotatable bonds is 5. The molecule has 1 N–H and O–H groups in total. The number of carbonyl (C=O) groups is 2. The Bertz CT molecular complexity index is 607. The number of aromatic carboxylic acids is 1. The molecule has 2 rings (SSSR count). The largest absolute Gasteiger partial charge is 0.476 e. The second kappa shape index (κ2) is 6.01. The van der Waals surface area contributed by atoms with Gasteiger partial charge in [-0.1, -0.05) is 30.3 Å². The van der Waals surface area contributed by atoms with E-state index in [1.807, 2.05) is 30.3 Å². The van der Waals surface area contributed by atoms with E-state index in [1.54, 1.807) is 11.9 Å². The lowest BCUT2D eigenvalue weighted by molar-refractivity contribution is -0.131. The van der Waals surface area contributed by atoms with Crippen molar-refractivity contribution in [3.8, 4) is 0 Å². The van der Waals surface area contributed by atoms with E-state index in [9.17, 15) is 9.59 Å². The second-order valence-electron chi connectivity index (χ2n) is 4.44. The quantitative estimate of drug-likeness (QED) is 0.889. The Balaban J connectivity index is 1.95. The molecule has 0 saturated heterocycles. The van der Waals surface area contributed by atoms with E-state index in [4.69, 9.17) is 5.11 Å². The van der Waals surface area contributed by atoms with Gasteiger partial charge in [-0.3, -0.25) is 9.48 Å². The first-order valence-electron chi connectivity index (χ1n) is 6.11. The van der Waals surface area contributed by atoms with Gasteiger partial charge in [0.15, 0.2) is 5.69 Å². The molecule has 0 spiro atoms. The van der Waals surface area contributed by atoms with E-state index in [0.29, 0.717) is 6.54 Å². The van der Waals surface area contributed by atoms with Crippen LogP contribution in [0.1, 0.15) is 16.1 Å². The highest BCUT2D eigenvalue weighted by molar-refractivity contribution is 5.85. The standard InChI is InChI=1S/C14H15N3O3/c1-16(9-11-5-3-2-4-6-11)13(18)10-17-8-7-12(15-17)14(19)20/h2-8H,9-10H2,1H3,(H,19,20). The molecule has 0 fully saturated rings. The molecule has 0 saturated carbocycles. The predicted molar refractivity (Wildman–Crippen MR) is 72.1 cm³/mol. The van der Waals surface area contributed by atoms with Crippen LogP contribution in [0.15, 0.2) is 42.6 Å². The Hall–Kier alpha value is -2.63. The smallest absolute Gasteiger partial charge is 0.356 e. The molecule has 2 aromatic rings. The molecule has 20 heavy (non-hydrogen) atoms. The fourth-order valence-electron chi connectivity index (χ4n) is 1.77. The molecule has 0 bridgehead atoms.